The first-order valence-corrected chi connectivity index (χ1v) is 8.69. The summed E-state index contributed by atoms with van der Waals surface area (Å²) in [5, 5.41) is 10.4. The third-order valence-electron chi connectivity index (χ3n) is 5.35. The van der Waals surface area contributed by atoms with Crippen LogP contribution in [0.4, 0.5) is 0 Å². The molecule has 2 rings (SSSR count). The molecule has 0 aliphatic heterocycles. The molecule has 1 unspecified atom stereocenters. The Morgan fingerprint density at radius 1 is 1.05 bits per heavy atom. The molecule has 1 aromatic rings. The fraction of sp³-hybridized carbons (Fsp3) is 0.700. The van der Waals surface area contributed by atoms with Gasteiger partial charge < -0.3 is 5.11 Å². The van der Waals surface area contributed by atoms with Crippen molar-refractivity contribution in [3.63, 3.8) is 0 Å². The molecule has 1 aliphatic carbocycles. The third-order valence-corrected chi connectivity index (χ3v) is 5.35. The quantitative estimate of drug-likeness (QED) is 0.787. The number of aliphatic hydroxyl groups is 1. The van der Waals surface area contributed by atoms with Gasteiger partial charge in [0.25, 0.3) is 0 Å². The van der Waals surface area contributed by atoms with E-state index in [1.807, 2.05) is 0 Å². The fourth-order valence-electron chi connectivity index (χ4n) is 3.77. The molecule has 1 atom stereocenters. The Morgan fingerprint density at radius 2 is 1.67 bits per heavy atom. The monoisotopic (exact) mass is 288 g/mol. The highest BCUT2D eigenvalue weighted by atomic mass is 16.3. The topological polar surface area (TPSA) is 20.2 Å². The summed E-state index contributed by atoms with van der Waals surface area (Å²) in [6.45, 7) is 7.07. The first-order chi connectivity index (χ1) is 9.97. The van der Waals surface area contributed by atoms with Crippen LogP contribution in [0.5, 0.6) is 0 Å². The summed E-state index contributed by atoms with van der Waals surface area (Å²) in [4.78, 5) is 0. The Labute approximate surface area is 130 Å². The summed E-state index contributed by atoms with van der Waals surface area (Å²) in [5.74, 6) is 1.38. The van der Waals surface area contributed by atoms with Gasteiger partial charge in [-0.05, 0) is 67.8 Å². The van der Waals surface area contributed by atoms with E-state index < -0.39 is 0 Å². The second kappa shape index (κ2) is 7.45. The largest absolute Gasteiger partial charge is 0.393 e. The summed E-state index contributed by atoms with van der Waals surface area (Å²) in [6, 6.07) is 10.6. The SMILES string of the molecule is CC(C)(C)C1CCC(C(O)CCCc2ccccc2)CC1. The summed E-state index contributed by atoms with van der Waals surface area (Å²) < 4.78 is 0. The van der Waals surface area contributed by atoms with Gasteiger partial charge in [0.1, 0.15) is 0 Å². The molecule has 0 heterocycles. The third kappa shape index (κ3) is 5.14. The van der Waals surface area contributed by atoms with Gasteiger partial charge in [0.2, 0.25) is 0 Å². The molecule has 21 heavy (non-hydrogen) atoms. The first-order valence-electron chi connectivity index (χ1n) is 8.69. The van der Waals surface area contributed by atoms with Crippen molar-refractivity contribution in [2.24, 2.45) is 17.3 Å². The zero-order valence-electron chi connectivity index (χ0n) is 14.0. The van der Waals surface area contributed by atoms with Crippen molar-refractivity contribution in [1.82, 2.24) is 0 Å². The number of aryl methyl sites for hydroxylation is 1. The van der Waals surface area contributed by atoms with Crippen LogP contribution in [0.15, 0.2) is 30.3 Å². The Hall–Kier alpha value is -0.820. The molecule has 1 aromatic carbocycles. The molecule has 1 fully saturated rings. The Morgan fingerprint density at radius 3 is 2.24 bits per heavy atom. The molecular weight excluding hydrogens is 256 g/mol. The number of rotatable bonds is 5. The van der Waals surface area contributed by atoms with Gasteiger partial charge in [0.15, 0.2) is 0 Å². The van der Waals surface area contributed by atoms with Crippen molar-refractivity contribution in [1.29, 1.82) is 0 Å². The zero-order valence-corrected chi connectivity index (χ0v) is 14.0. The second-order valence-corrected chi connectivity index (χ2v) is 7.92. The summed E-state index contributed by atoms with van der Waals surface area (Å²) in [6.07, 6.45) is 8.09. The molecule has 1 N–H and O–H groups in total. The molecule has 1 aliphatic rings. The van der Waals surface area contributed by atoms with Gasteiger partial charge in [0.05, 0.1) is 6.10 Å². The van der Waals surface area contributed by atoms with Gasteiger partial charge in [-0.2, -0.15) is 0 Å². The van der Waals surface area contributed by atoms with E-state index in [4.69, 9.17) is 0 Å². The molecule has 0 amide bonds. The minimum Gasteiger partial charge on any atom is -0.393 e. The van der Waals surface area contributed by atoms with E-state index in [1.165, 1.54) is 31.2 Å². The van der Waals surface area contributed by atoms with Gasteiger partial charge in [-0.25, -0.2) is 0 Å². The average Bonchev–Trinajstić information content (AvgIpc) is 2.47. The van der Waals surface area contributed by atoms with Crippen LogP contribution in [0.25, 0.3) is 0 Å². The van der Waals surface area contributed by atoms with Crippen LogP contribution in [0.3, 0.4) is 0 Å². The lowest BCUT2D eigenvalue weighted by Crippen LogP contribution is -2.30. The van der Waals surface area contributed by atoms with Gasteiger partial charge in [-0.1, -0.05) is 51.1 Å². The minimum atomic E-state index is -0.0883. The highest BCUT2D eigenvalue weighted by Gasteiger charge is 2.31. The lowest BCUT2D eigenvalue weighted by Gasteiger charge is -2.38. The highest BCUT2D eigenvalue weighted by molar-refractivity contribution is 5.14. The van der Waals surface area contributed by atoms with E-state index in [-0.39, 0.29) is 6.10 Å². The zero-order chi connectivity index (χ0) is 15.3. The standard InChI is InChI=1S/C20H32O/c1-20(2,3)18-14-12-17(13-15-18)19(21)11-7-10-16-8-5-4-6-9-16/h4-6,8-9,17-19,21H,7,10-15H2,1-3H3. The van der Waals surface area contributed by atoms with Crippen molar-refractivity contribution in [2.45, 2.75) is 71.8 Å². The van der Waals surface area contributed by atoms with Crippen molar-refractivity contribution in [3.05, 3.63) is 35.9 Å². The van der Waals surface area contributed by atoms with Crippen molar-refractivity contribution in [2.75, 3.05) is 0 Å². The summed E-state index contributed by atoms with van der Waals surface area (Å²) in [5.41, 5.74) is 1.82. The smallest absolute Gasteiger partial charge is 0.0568 e. The van der Waals surface area contributed by atoms with Crippen LogP contribution in [-0.4, -0.2) is 11.2 Å². The Kier molecular flexibility index (Phi) is 5.87. The predicted octanol–water partition coefficient (Wildman–Crippen LogP) is 5.22. The molecule has 1 nitrogen and oxygen atoms in total. The summed E-state index contributed by atoms with van der Waals surface area (Å²) in [7, 11) is 0. The lowest BCUT2D eigenvalue weighted by atomic mass is 9.68. The van der Waals surface area contributed by atoms with E-state index in [0.717, 1.165) is 25.2 Å². The lowest BCUT2D eigenvalue weighted by molar-refractivity contribution is 0.0470. The molecule has 0 bridgehead atoms. The molecule has 0 aromatic heterocycles. The number of hydrogen-bond acceptors (Lipinski definition) is 1. The van der Waals surface area contributed by atoms with Crippen LogP contribution >= 0.6 is 0 Å². The van der Waals surface area contributed by atoms with Crippen molar-refractivity contribution < 1.29 is 5.11 Å². The van der Waals surface area contributed by atoms with E-state index >= 15 is 0 Å². The maximum atomic E-state index is 10.4. The van der Waals surface area contributed by atoms with Gasteiger partial charge in [-0.3, -0.25) is 0 Å². The molecule has 1 saturated carbocycles. The van der Waals surface area contributed by atoms with Gasteiger partial charge >= 0.3 is 0 Å². The van der Waals surface area contributed by atoms with Crippen LogP contribution in [0.2, 0.25) is 0 Å². The van der Waals surface area contributed by atoms with Gasteiger partial charge in [-0.15, -0.1) is 0 Å². The first kappa shape index (κ1) is 16.5. The molecule has 1 heteroatoms. The maximum Gasteiger partial charge on any atom is 0.0568 e. The molecule has 0 spiro atoms. The van der Waals surface area contributed by atoms with E-state index in [1.54, 1.807) is 0 Å². The molecule has 0 saturated heterocycles. The van der Waals surface area contributed by atoms with E-state index in [2.05, 4.69) is 51.1 Å². The predicted molar refractivity (Wildman–Crippen MR) is 90.3 cm³/mol. The maximum absolute atomic E-state index is 10.4. The van der Waals surface area contributed by atoms with Crippen LogP contribution in [0.1, 0.15) is 64.9 Å². The second-order valence-electron chi connectivity index (χ2n) is 7.92. The number of aliphatic hydroxyl groups excluding tert-OH is 1. The molecule has 0 radical (unpaired) electrons. The highest BCUT2D eigenvalue weighted by Crippen LogP contribution is 2.41. The fourth-order valence-corrected chi connectivity index (χ4v) is 3.77. The Balaban J connectivity index is 1.69. The Bertz CT molecular complexity index is 396. The average molecular weight is 288 g/mol. The van der Waals surface area contributed by atoms with Gasteiger partial charge in [0, 0.05) is 0 Å². The number of hydrogen-bond donors (Lipinski definition) is 1. The molecule has 118 valence electrons. The van der Waals surface area contributed by atoms with Crippen LogP contribution in [0, 0.1) is 17.3 Å². The number of benzene rings is 1. The molecular formula is C20H32O. The normalized spacial score (nSPS) is 24.8. The van der Waals surface area contributed by atoms with Crippen molar-refractivity contribution in [3.8, 4) is 0 Å². The van der Waals surface area contributed by atoms with Crippen LogP contribution in [-0.2, 0) is 6.42 Å². The minimum absolute atomic E-state index is 0.0883. The summed E-state index contributed by atoms with van der Waals surface area (Å²) >= 11 is 0. The van der Waals surface area contributed by atoms with E-state index in [0.29, 0.717) is 11.3 Å². The van der Waals surface area contributed by atoms with Crippen molar-refractivity contribution >= 4 is 0 Å². The van der Waals surface area contributed by atoms with Crippen LogP contribution < -0.4 is 0 Å². The van der Waals surface area contributed by atoms with E-state index in [9.17, 15) is 5.11 Å².